The molecule has 0 fully saturated rings. The molecule has 8 aromatic rings. The van der Waals surface area contributed by atoms with Crippen molar-refractivity contribution < 1.29 is 0 Å². The highest BCUT2D eigenvalue weighted by Crippen LogP contribution is 2.52. The maximum absolute atomic E-state index is 9.70. The van der Waals surface area contributed by atoms with E-state index in [1.807, 2.05) is 54.6 Å². The van der Waals surface area contributed by atoms with Crippen LogP contribution in [-0.2, 0) is 0 Å². The highest BCUT2D eigenvalue weighted by atomic mass is 14.9. The van der Waals surface area contributed by atoms with Crippen LogP contribution in [0.5, 0.6) is 0 Å². The lowest BCUT2D eigenvalue weighted by atomic mass is 9.88. The lowest BCUT2D eigenvalue weighted by Gasteiger charge is -2.16. The predicted molar refractivity (Wildman–Crippen MR) is 196 cm³/mol. The quantitative estimate of drug-likeness (QED) is 0.195. The minimum Gasteiger partial charge on any atom is -0.228 e. The zero-order chi connectivity index (χ0) is 32.0. The molecule has 0 radical (unpaired) electrons. The number of hydrogen-bond acceptors (Lipinski definition) is 3. The zero-order valence-electron chi connectivity index (χ0n) is 25.9. The molecule has 3 nitrogen and oxygen atoms in total. The molecule has 0 N–H and O–H groups in total. The summed E-state index contributed by atoms with van der Waals surface area (Å²) >= 11 is 0. The van der Waals surface area contributed by atoms with Crippen molar-refractivity contribution in [2.45, 2.75) is 0 Å². The Labute approximate surface area is 279 Å². The third-order valence-electron chi connectivity index (χ3n) is 9.29. The first kappa shape index (κ1) is 27.7. The van der Waals surface area contributed by atoms with E-state index in [1.165, 1.54) is 33.0 Å². The van der Waals surface area contributed by atoms with Gasteiger partial charge >= 0.3 is 0 Å². The molecule has 0 spiro atoms. The van der Waals surface area contributed by atoms with Crippen molar-refractivity contribution in [2.75, 3.05) is 0 Å². The number of fused-ring (bicyclic) bond motifs is 3. The van der Waals surface area contributed by atoms with Gasteiger partial charge in [-0.25, -0.2) is 9.97 Å². The summed E-state index contributed by atoms with van der Waals surface area (Å²) in [7, 11) is 0. The highest BCUT2D eigenvalue weighted by Gasteiger charge is 2.25. The summed E-state index contributed by atoms with van der Waals surface area (Å²) in [6.45, 7) is 0. The van der Waals surface area contributed by atoms with Crippen molar-refractivity contribution >= 4 is 10.8 Å². The number of aromatic nitrogens is 2. The van der Waals surface area contributed by atoms with E-state index in [2.05, 4.69) is 115 Å². The lowest BCUT2D eigenvalue weighted by molar-refractivity contribution is 1.18. The topological polar surface area (TPSA) is 49.6 Å². The van der Waals surface area contributed by atoms with E-state index in [1.54, 1.807) is 0 Å². The molecule has 1 aliphatic rings. The van der Waals surface area contributed by atoms with Gasteiger partial charge in [-0.05, 0) is 73.5 Å². The molecule has 3 heteroatoms. The molecule has 0 aliphatic heterocycles. The second-order valence-corrected chi connectivity index (χ2v) is 12.1. The van der Waals surface area contributed by atoms with E-state index in [4.69, 9.17) is 9.97 Å². The van der Waals surface area contributed by atoms with E-state index >= 15 is 0 Å². The normalized spacial score (nSPS) is 11.3. The number of benzene rings is 7. The van der Waals surface area contributed by atoms with Gasteiger partial charge in [0.1, 0.15) is 0 Å². The smallest absolute Gasteiger partial charge is 0.160 e. The number of nitriles is 1. The molecule has 48 heavy (non-hydrogen) atoms. The van der Waals surface area contributed by atoms with Crippen molar-refractivity contribution in [3.63, 3.8) is 0 Å². The van der Waals surface area contributed by atoms with Crippen LogP contribution in [0.25, 0.3) is 89.2 Å². The second kappa shape index (κ2) is 11.3. The van der Waals surface area contributed by atoms with Crippen LogP contribution in [0, 0.1) is 11.3 Å². The number of nitrogens with zero attached hydrogens (tertiary/aromatic N) is 3. The van der Waals surface area contributed by atoms with Gasteiger partial charge in [0.25, 0.3) is 0 Å². The summed E-state index contributed by atoms with van der Waals surface area (Å²) in [6, 6.07) is 59.1. The molecule has 0 unspecified atom stereocenters. The third kappa shape index (κ3) is 4.59. The third-order valence-corrected chi connectivity index (χ3v) is 9.29. The van der Waals surface area contributed by atoms with Crippen LogP contribution in [-0.4, -0.2) is 9.97 Å². The molecule has 7 aromatic carbocycles. The SMILES string of the molecule is N#Cc1cccc(-c2ccc3c4c(ccc(-c5ccc(-c6cc(-c7ccccc7)nc(-c7ccccc7)n6)cc5)c24)-c2ccccc2-3)c1. The average Bonchev–Trinajstić information content (AvgIpc) is 3.50. The van der Waals surface area contributed by atoms with E-state index in [9.17, 15) is 5.26 Å². The Kier molecular flexibility index (Phi) is 6.52. The lowest BCUT2D eigenvalue weighted by Crippen LogP contribution is -1.96. The molecule has 0 saturated carbocycles. The van der Waals surface area contributed by atoms with Crippen LogP contribution >= 0.6 is 0 Å². The summed E-state index contributed by atoms with van der Waals surface area (Å²) < 4.78 is 0. The Bertz CT molecular complexity index is 2460. The van der Waals surface area contributed by atoms with E-state index in [0.29, 0.717) is 11.4 Å². The van der Waals surface area contributed by atoms with E-state index in [-0.39, 0.29) is 0 Å². The van der Waals surface area contributed by atoms with Gasteiger partial charge in [0, 0.05) is 16.7 Å². The molecule has 9 rings (SSSR count). The number of hydrogen-bond donors (Lipinski definition) is 0. The van der Waals surface area contributed by atoms with Gasteiger partial charge in [-0.2, -0.15) is 5.26 Å². The maximum atomic E-state index is 9.70. The van der Waals surface area contributed by atoms with E-state index < -0.39 is 0 Å². The Morgan fingerprint density at radius 3 is 1.46 bits per heavy atom. The van der Waals surface area contributed by atoms with Gasteiger partial charge in [-0.1, -0.05) is 146 Å². The molecule has 0 bridgehead atoms. The molecule has 0 saturated heterocycles. The summed E-state index contributed by atoms with van der Waals surface area (Å²) in [6.07, 6.45) is 0. The maximum Gasteiger partial charge on any atom is 0.160 e. The summed E-state index contributed by atoms with van der Waals surface area (Å²) in [5.74, 6) is 0.701. The number of rotatable bonds is 5. The van der Waals surface area contributed by atoms with Crippen LogP contribution in [0.2, 0.25) is 0 Å². The van der Waals surface area contributed by atoms with Crippen molar-refractivity contribution in [3.8, 4) is 84.5 Å². The van der Waals surface area contributed by atoms with Crippen molar-refractivity contribution in [1.29, 1.82) is 5.26 Å². The standard InChI is InChI=1S/C45H27N3/c46-28-29-10-9-15-34(26-29)36-23-25-40-38-17-8-7-16-37(38)39-24-22-35(43(36)44(39)40)30-18-20-32(21-19-30)42-27-41(31-11-3-1-4-12-31)47-45(48-42)33-13-5-2-6-14-33/h1-27H. The van der Waals surface area contributed by atoms with Crippen molar-refractivity contribution in [3.05, 3.63) is 169 Å². The fourth-order valence-electron chi connectivity index (χ4n) is 7.02. The van der Waals surface area contributed by atoms with Gasteiger partial charge in [-0.3, -0.25) is 0 Å². The van der Waals surface area contributed by atoms with Crippen LogP contribution in [0.3, 0.4) is 0 Å². The molecule has 222 valence electrons. The minimum absolute atomic E-state index is 0.652. The summed E-state index contributed by atoms with van der Waals surface area (Å²) in [5, 5.41) is 12.2. The Morgan fingerprint density at radius 2 is 0.833 bits per heavy atom. The predicted octanol–water partition coefficient (Wildman–Crippen LogP) is 11.5. The first-order valence-electron chi connectivity index (χ1n) is 16.1. The molecular weight excluding hydrogens is 583 g/mol. The minimum atomic E-state index is 0.652. The molecule has 1 heterocycles. The Hall–Kier alpha value is -6.63. The van der Waals surface area contributed by atoms with Gasteiger partial charge in [-0.15, -0.1) is 0 Å². The summed E-state index contributed by atoms with van der Waals surface area (Å²) in [5.41, 5.74) is 14.9. The molecule has 1 aromatic heterocycles. The molecule has 0 amide bonds. The first-order valence-corrected chi connectivity index (χ1v) is 16.1. The fraction of sp³-hybridized carbons (Fsp3) is 0. The van der Waals surface area contributed by atoms with Crippen LogP contribution in [0.1, 0.15) is 5.56 Å². The van der Waals surface area contributed by atoms with Gasteiger partial charge < -0.3 is 0 Å². The Morgan fingerprint density at radius 1 is 0.354 bits per heavy atom. The molecule has 1 aliphatic carbocycles. The zero-order valence-corrected chi connectivity index (χ0v) is 25.9. The van der Waals surface area contributed by atoms with Crippen LogP contribution < -0.4 is 0 Å². The van der Waals surface area contributed by atoms with Crippen LogP contribution in [0.15, 0.2) is 164 Å². The van der Waals surface area contributed by atoms with Gasteiger partial charge in [0.2, 0.25) is 0 Å². The highest BCUT2D eigenvalue weighted by molar-refractivity contribution is 6.22. The van der Waals surface area contributed by atoms with E-state index in [0.717, 1.165) is 50.3 Å². The van der Waals surface area contributed by atoms with Crippen molar-refractivity contribution in [2.24, 2.45) is 0 Å². The second-order valence-electron chi connectivity index (χ2n) is 12.1. The fourth-order valence-corrected chi connectivity index (χ4v) is 7.02. The van der Waals surface area contributed by atoms with Gasteiger partial charge in [0.05, 0.1) is 23.0 Å². The average molecular weight is 610 g/mol. The van der Waals surface area contributed by atoms with Crippen molar-refractivity contribution in [1.82, 2.24) is 9.97 Å². The van der Waals surface area contributed by atoms with Crippen LogP contribution in [0.4, 0.5) is 0 Å². The molecule has 0 atom stereocenters. The Balaban J connectivity index is 1.21. The molecular formula is C45H27N3. The first-order chi connectivity index (χ1) is 23.7. The van der Waals surface area contributed by atoms with Gasteiger partial charge in [0.15, 0.2) is 5.82 Å². The largest absolute Gasteiger partial charge is 0.228 e. The summed E-state index contributed by atoms with van der Waals surface area (Å²) in [4.78, 5) is 10.00. The monoisotopic (exact) mass is 609 g/mol.